The van der Waals surface area contributed by atoms with E-state index >= 15 is 0 Å². The van der Waals surface area contributed by atoms with Gasteiger partial charge >= 0.3 is 6.03 Å². The molecule has 19 heavy (non-hydrogen) atoms. The fourth-order valence-corrected chi connectivity index (χ4v) is 2.22. The van der Waals surface area contributed by atoms with E-state index in [2.05, 4.69) is 5.32 Å². The molecule has 0 fully saturated rings. The minimum atomic E-state index is -0.0806. The molecule has 0 atom stereocenters. The summed E-state index contributed by atoms with van der Waals surface area (Å²) in [6, 6.07) is 7.83. The first-order valence-electron chi connectivity index (χ1n) is 6.41. The fourth-order valence-electron chi connectivity index (χ4n) is 1.39. The molecule has 2 amide bonds. The van der Waals surface area contributed by atoms with Crippen molar-refractivity contribution in [2.45, 2.75) is 18.2 Å². The maximum absolute atomic E-state index is 11.7. The van der Waals surface area contributed by atoms with Gasteiger partial charge in [-0.1, -0.05) is 0 Å². The molecule has 1 aromatic carbocycles. The van der Waals surface area contributed by atoms with Crippen LogP contribution in [0.5, 0.6) is 0 Å². The number of benzene rings is 1. The smallest absolute Gasteiger partial charge is 0.321 e. The maximum Gasteiger partial charge on any atom is 0.321 e. The van der Waals surface area contributed by atoms with Crippen LogP contribution in [-0.2, 0) is 4.74 Å². The highest BCUT2D eigenvalue weighted by molar-refractivity contribution is 7.99. The average molecular weight is 282 g/mol. The second kappa shape index (κ2) is 8.82. The maximum atomic E-state index is 11.7. The summed E-state index contributed by atoms with van der Waals surface area (Å²) in [6.07, 6.45) is 1.04. The number of carbonyl (C=O) groups is 1. The molecule has 4 nitrogen and oxygen atoms in total. The first-order chi connectivity index (χ1) is 9.17. The lowest BCUT2D eigenvalue weighted by Gasteiger charge is -2.15. The molecule has 0 aliphatic rings. The fraction of sp³-hybridized carbons (Fsp3) is 0.500. The monoisotopic (exact) mass is 282 g/mol. The Kier molecular flexibility index (Phi) is 7.36. The van der Waals surface area contributed by atoms with Gasteiger partial charge in [0, 0.05) is 43.6 Å². The van der Waals surface area contributed by atoms with Crippen LogP contribution in [0.15, 0.2) is 29.2 Å². The topological polar surface area (TPSA) is 41.6 Å². The van der Waals surface area contributed by atoms with Crippen LogP contribution in [0, 0.1) is 0 Å². The molecular formula is C14H22N2O2S. The first-order valence-corrected chi connectivity index (χ1v) is 7.39. The molecule has 0 heterocycles. The molecule has 0 aromatic heterocycles. The number of nitrogens with one attached hydrogen (secondary N) is 1. The quantitative estimate of drug-likeness (QED) is 0.616. The van der Waals surface area contributed by atoms with E-state index in [1.54, 1.807) is 30.8 Å². The number of methoxy groups -OCH3 is 1. The Balaban J connectivity index is 2.41. The van der Waals surface area contributed by atoms with Gasteiger partial charge in [0.05, 0.1) is 0 Å². The predicted molar refractivity (Wildman–Crippen MR) is 81.0 cm³/mol. The van der Waals surface area contributed by atoms with E-state index in [0.717, 1.165) is 24.5 Å². The predicted octanol–water partition coefficient (Wildman–Crippen LogP) is 3.30. The molecular weight excluding hydrogens is 260 g/mol. The summed E-state index contributed by atoms with van der Waals surface area (Å²) in [7, 11) is 3.49. The van der Waals surface area contributed by atoms with E-state index < -0.39 is 0 Å². The summed E-state index contributed by atoms with van der Waals surface area (Å²) >= 11 is 1.80. The molecule has 0 saturated heterocycles. The SMILES string of the molecule is CCN(C)C(=O)Nc1ccc(SCCCOC)cc1. The Bertz CT molecular complexity index is 382. The van der Waals surface area contributed by atoms with Crippen molar-refractivity contribution in [2.24, 2.45) is 0 Å². The Morgan fingerprint density at radius 2 is 2.05 bits per heavy atom. The lowest BCUT2D eigenvalue weighted by atomic mass is 10.3. The Hall–Kier alpha value is -1.20. The van der Waals surface area contributed by atoms with Crippen LogP contribution in [0.2, 0.25) is 0 Å². The molecule has 106 valence electrons. The highest BCUT2D eigenvalue weighted by Gasteiger charge is 2.05. The number of carbonyl (C=O) groups excluding carboxylic acids is 1. The zero-order valence-electron chi connectivity index (χ0n) is 11.8. The third kappa shape index (κ3) is 5.98. The van der Waals surface area contributed by atoms with E-state index in [9.17, 15) is 4.79 Å². The number of anilines is 1. The lowest BCUT2D eigenvalue weighted by molar-refractivity contribution is 0.200. The molecule has 0 spiro atoms. The van der Waals surface area contributed by atoms with Crippen LogP contribution in [0.25, 0.3) is 0 Å². The van der Waals surface area contributed by atoms with Crippen molar-refractivity contribution >= 4 is 23.5 Å². The molecule has 1 rings (SSSR count). The Morgan fingerprint density at radius 1 is 1.37 bits per heavy atom. The van der Waals surface area contributed by atoms with Crippen molar-refractivity contribution < 1.29 is 9.53 Å². The van der Waals surface area contributed by atoms with Crippen molar-refractivity contribution in [3.05, 3.63) is 24.3 Å². The number of urea groups is 1. The highest BCUT2D eigenvalue weighted by atomic mass is 32.2. The molecule has 1 aromatic rings. The molecule has 0 radical (unpaired) electrons. The minimum Gasteiger partial charge on any atom is -0.385 e. The van der Waals surface area contributed by atoms with Crippen LogP contribution in [-0.4, -0.2) is 44.0 Å². The van der Waals surface area contributed by atoms with E-state index in [-0.39, 0.29) is 6.03 Å². The first kappa shape index (κ1) is 15.9. The summed E-state index contributed by atoms with van der Waals surface area (Å²) in [5.41, 5.74) is 0.826. The van der Waals surface area contributed by atoms with Gasteiger partial charge in [0.25, 0.3) is 0 Å². The average Bonchev–Trinajstić information content (AvgIpc) is 2.44. The van der Waals surface area contributed by atoms with Crippen molar-refractivity contribution in [2.75, 3.05) is 38.4 Å². The van der Waals surface area contributed by atoms with E-state index in [0.29, 0.717) is 6.54 Å². The summed E-state index contributed by atoms with van der Waals surface area (Å²) in [5, 5.41) is 2.85. The number of rotatable bonds is 7. The number of hydrogen-bond acceptors (Lipinski definition) is 3. The van der Waals surface area contributed by atoms with Crippen molar-refractivity contribution in [3.63, 3.8) is 0 Å². The number of hydrogen-bond donors (Lipinski definition) is 1. The van der Waals surface area contributed by atoms with Crippen molar-refractivity contribution in [1.82, 2.24) is 4.90 Å². The van der Waals surface area contributed by atoms with Gasteiger partial charge in [-0.2, -0.15) is 0 Å². The Labute approximate surface area is 119 Å². The molecule has 0 unspecified atom stereocenters. The van der Waals surface area contributed by atoms with Gasteiger partial charge in [0.1, 0.15) is 0 Å². The van der Waals surface area contributed by atoms with Gasteiger partial charge < -0.3 is 15.0 Å². The zero-order valence-corrected chi connectivity index (χ0v) is 12.6. The molecule has 1 N–H and O–H groups in total. The van der Waals surface area contributed by atoms with Crippen LogP contribution < -0.4 is 5.32 Å². The van der Waals surface area contributed by atoms with Crippen LogP contribution in [0.3, 0.4) is 0 Å². The molecule has 5 heteroatoms. The van der Waals surface area contributed by atoms with Crippen molar-refractivity contribution in [1.29, 1.82) is 0 Å². The van der Waals surface area contributed by atoms with Gasteiger partial charge in [-0.25, -0.2) is 4.79 Å². The van der Waals surface area contributed by atoms with E-state index in [1.807, 2.05) is 31.2 Å². The second-order valence-electron chi connectivity index (χ2n) is 4.16. The van der Waals surface area contributed by atoms with Gasteiger partial charge in [0.2, 0.25) is 0 Å². The van der Waals surface area contributed by atoms with Crippen LogP contribution >= 0.6 is 11.8 Å². The largest absolute Gasteiger partial charge is 0.385 e. The van der Waals surface area contributed by atoms with E-state index in [1.165, 1.54) is 4.90 Å². The number of nitrogens with zero attached hydrogens (tertiary/aromatic N) is 1. The minimum absolute atomic E-state index is 0.0806. The third-order valence-electron chi connectivity index (χ3n) is 2.69. The zero-order chi connectivity index (χ0) is 14.1. The molecule has 0 saturated carbocycles. The van der Waals surface area contributed by atoms with Gasteiger partial charge in [0.15, 0.2) is 0 Å². The standard InChI is InChI=1S/C14H22N2O2S/c1-4-16(2)14(17)15-12-6-8-13(9-7-12)19-11-5-10-18-3/h6-9H,4-5,10-11H2,1-3H3,(H,15,17). The van der Waals surface area contributed by atoms with E-state index in [4.69, 9.17) is 4.74 Å². The summed E-state index contributed by atoms with van der Waals surface area (Å²) < 4.78 is 5.01. The van der Waals surface area contributed by atoms with Gasteiger partial charge in [-0.15, -0.1) is 11.8 Å². The highest BCUT2D eigenvalue weighted by Crippen LogP contribution is 2.21. The summed E-state index contributed by atoms with van der Waals surface area (Å²) in [6.45, 7) is 3.43. The molecule has 0 aliphatic heterocycles. The number of thioether (sulfide) groups is 1. The van der Waals surface area contributed by atoms with Crippen LogP contribution in [0.1, 0.15) is 13.3 Å². The molecule has 0 bridgehead atoms. The second-order valence-corrected chi connectivity index (χ2v) is 5.33. The van der Waals surface area contributed by atoms with Crippen molar-refractivity contribution in [3.8, 4) is 0 Å². The summed E-state index contributed by atoms with van der Waals surface area (Å²) in [4.78, 5) is 14.5. The number of amides is 2. The number of ether oxygens (including phenoxy) is 1. The normalized spacial score (nSPS) is 10.3. The lowest BCUT2D eigenvalue weighted by Crippen LogP contribution is -2.30. The van der Waals surface area contributed by atoms with Gasteiger partial charge in [-0.3, -0.25) is 0 Å². The van der Waals surface area contributed by atoms with Crippen LogP contribution in [0.4, 0.5) is 10.5 Å². The Morgan fingerprint density at radius 3 is 2.63 bits per heavy atom. The molecule has 0 aliphatic carbocycles. The summed E-state index contributed by atoms with van der Waals surface area (Å²) in [5.74, 6) is 1.04. The van der Waals surface area contributed by atoms with Gasteiger partial charge in [-0.05, 0) is 37.6 Å². The third-order valence-corrected chi connectivity index (χ3v) is 3.79.